The van der Waals surface area contributed by atoms with E-state index in [1.165, 1.54) is 6.08 Å². The minimum absolute atomic E-state index is 0.124. The van der Waals surface area contributed by atoms with Crippen LogP contribution in [0, 0.1) is 11.3 Å². The first-order valence-electron chi connectivity index (χ1n) is 12.4. The quantitative estimate of drug-likeness (QED) is 0.426. The molecule has 0 spiro atoms. The van der Waals surface area contributed by atoms with E-state index in [-0.39, 0.29) is 37.2 Å². The fourth-order valence-electron chi connectivity index (χ4n) is 3.95. The Labute approximate surface area is 219 Å². The summed E-state index contributed by atoms with van der Waals surface area (Å²) in [6.45, 7) is 24.3. The Balaban J connectivity index is 2.86. The molecule has 0 heterocycles. The summed E-state index contributed by atoms with van der Waals surface area (Å²) in [5, 5.41) is 21.0. The van der Waals surface area contributed by atoms with E-state index in [0.717, 1.165) is 11.1 Å². The van der Waals surface area contributed by atoms with E-state index in [1.54, 1.807) is 24.3 Å². The van der Waals surface area contributed by atoms with Gasteiger partial charge >= 0.3 is 0 Å². The summed E-state index contributed by atoms with van der Waals surface area (Å²) in [7, 11) is -4.08. The van der Waals surface area contributed by atoms with Crippen LogP contribution >= 0.6 is 0 Å². The Morgan fingerprint density at radius 3 is 1.42 bits per heavy atom. The van der Waals surface area contributed by atoms with Gasteiger partial charge in [0.05, 0.1) is 4.90 Å². The highest BCUT2D eigenvalue weighted by Crippen LogP contribution is 2.41. The number of aromatic hydroxyl groups is 1. The molecule has 0 aliphatic carbocycles. The summed E-state index contributed by atoms with van der Waals surface area (Å²) >= 11 is 0. The van der Waals surface area contributed by atoms with Crippen LogP contribution in [0.15, 0.2) is 40.1 Å². The maximum Gasteiger partial charge on any atom is 0.216 e. The Kier molecular flexibility index (Phi) is 7.72. The van der Waals surface area contributed by atoms with Crippen LogP contribution in [-0.4, -0.2) is 13.5 Å². The lowest BCUT2D eigenvalue weighted by atomic mass is 9.78. The fourth-order valence-corrected chi connectivity index (χ4v) is 5.18. The fraction of sp³-hybridized carbons (Fsp3) is 0.516. The summed E-state index contributed by atoms with van der Waals surface area (Å²) in [5.41, 5.74) is 2.53. The number of nitriles is 1. The van der Waals surface area contributed by atoms with Gasteiger partial charge in [-0.05, 0) is 68.7 Å². The third kappa shape index (κ3) is 6.40. The molecular formula is C31H43NO3S. The largest absolute Gasteiger partial charge is 0.507 e. The van der Waals surface area contributed by atoms with Crippen LogP contribution < -0.4 is 0 Å². The molecule has 2 aromatic carbocycles. The number of rotatable bonds is 3. The van der Waals surface area contributed by atoms with Gasteiger partial charge in [-0.15, -0.1) is 0 Å². The zero-order valence-electron chi connectivity index (χ0n) is 24.1. The SMILES string of the molecule is CC(C)(C)c1cc(C(C)(C)C)cc(S(=O)(=O)C(C#N)=Cc2cc(C(C)(C)C)c(O)c(C(C)(C)C)c2)c1. The van der Waals surface area contributed by atoms with Crippen molar-refractivity contribution in [1.29, 1.82) is 5.26 Å². The summed E-state index contributed by atoms with van der Waals surface area (Å²) in [6, 6.07) is 10.9. The predicted octanol–water partition coefficient (Wildman–Crippen LogP) is 7.92. The van der Waals surface area contributed by atoms with Crippen molar-refractivity contribution in [3.05, 3.63) is 63.1 Å². The molecule has 0 aliphatic rings. The molecule has 0 saturated heterocycles. The summed E-state index contributed by atoms with van der Waals surface area (Å²) in [5.74, 6) is 0.209. The number of benzene rings is 2. The molecule has 0 bridgehead atoms. The topological polar surface area (TPSA) is 78.2 Å². The Morgan fingerprint density at radius 2 is 1.11 bits per heavy atom. The molecule has 0 saturated carbocycles. The van der Waals surface area contributed by atoms with Crippen molar-refractivity contribution in [3.63, 3.8) is 0 Å². The van der Waals surface area contributed by atoms with Gasteiger partial charge in [-0.1, -0.05) is 89.2 Å². The highest BCUT2D eigenvalue weighted by Gasteiger charge is 2.29. The molecule has 0 amide bonds. The molecule has 0 atom stereocenters. The van der Waals surface area contributed by atoms with E-state index in [2.05, 4.69) is 6.07 Å². The zero-order valence-corrected chi connectivity index (χ0v) is 24.9. The average Bonchev–Trinajstić information content (AvgIpc) is 2.69. The molecule has 1 N–H and O–H groups in total. The number of allylic oxidation sites excluding steroid dienone is 1. The first kappa shape index (κ1) is 29.6. The summed E-state index contributed by atoms with van der Waals surface area (Å²) < 4.78 is 27.6. The van der Waals surface area contributed by atoms with Gasteiger partial charge in [0.15, 0.2) is 0 Å². The van der Waals surface area contributed by atoms with E-state index < -0.39 is 9.84 Å². The Morgan fingerprint density at radius 1 is 0.722 bits per heavy atom. The summed E-state index contributed by atoms with van der Waals surface area (Å²) in [4.78, 5) is -0.197. The molecule has 0 aliphatic heterocycles. The lowest BCUT2D eigenvalue weighted by molar-refractivity contribution is 0.423. The van der Waals surface area contributed by atoms with Gasteiger partial charge in [0.1, 0.15) is 16.7 Å². The lowest BCUT2D eigenvalue weighted by Crippen LogP contribution is -2.18. The number of sulfone groups is 1. The van der Waals surface area contributed by atoms with Crippen LogP contribution in [-0.2, 0) is 31.5 Å². The van der Waals surface area contributed by atoms with E-state index in [4.69, 9.17) is 0 Å². The van der Waals surface area contributed by atoms with E-state index >= 15 is 0 Å². The minimum Gasteiger partial charge on any atom is -0.507 e. The maximum absolute atomic E-state index is 13.8. The molecule has 5 heteroatoms. The van der Waals surface area contributed by atoms with Crippen molar-refractivity contribution in [3.8, 4) is 11.8 Å². The normalized spacial score (nSPS) is 14.0. The number of hydrogen-bond acceptors (Lipinski definition) is 4. The van der Waals surface area contributed by atoms with Crippen LogP contribution in [0.4, 0.5) is 0 Å². The molecular weight excluding hydrogens is 466 g/mol. The van der Waals surface area contributed by atoms with E-state index in [0.29, 0.717) is 16.7 Å². The first-order valence-corrected chi connectivity index (χ1v) is 13.9. The maximum atomic E-state index is 13.8. The Hall–Kier alpha value is -2.58. The third-order valence-corrected chi connectivity index (χ3v) is 8.04. The molecule has 0 aromatic heterocycles. The van der Waals surface area contributed by atoms with Crippen molar-refractivity contribution in [1.82, 2.24) is 0 Å². The van der Waals surface area contributed by atoms with Crippen molar-refractivity contribution < 1.29 is 13.5 Å². The average molecular weight is 510 g/mol. The Bertz CT molecular complexity index is 1260. The van der Waals surface area contributed by atoms with Gasteiger partial charge in [0, 0.05) is 11.1 Å². The number of phenols is 1. The summed E-state index contributed by atoms with van der Waals surface area (Å²) in [6.07, 6.45) is 1.43. The molecule has 2 rings (SSSR count). The molecule has 196 valence electrons. The van der Waals surface area contributed by atoms with Crippen molar-refractivity contribution in [2.24, 2.45) is 0 Å². The highest BCUT2D eigenvalue weighted by atomic mass is 32.2. The van der Waals surface area contributed by atoms with E-state index in [1.807, 2.05) is 89.2 Å². The van der Waals surface area contributed by atoms with Crippen molar-refractivity contribution in [2.75, 3.05) is 0 Å². The van der Waals surface area contributed by atoms with Crippen LogP contribution in [0.2, 0.25) is 0 Å². The van der Waals surface area contributed by atoms with E-state index in [9.17, 15) is 18.8 Å². The third-order valence-electron chi connectivity index (χ3n) is 6.39. The van der Waals surface area contributed by atoms with Crippen LogP contribution in [0.1, 0.15) is 111 Å². The smallest absolute Gasteiger partial charge is 0.216 e. The van der Waals surface area contributed by atoms with Crippen LogP contribution in [0.25, 0.3) is 6.08 Å². The molecule has 36 heavy (non-hydrogen) atoms. The van der Waals surface area contributed by atoms with Gasteiger partial charge in [-0.3, -0.25) is 0 Å². The zero-order chi connectivity index (χ0) is 28.1. The van der Waals surface area contributed by atoms with Crippen LogP contribution in [0.5, 0.6) is 5.75 Å². The van der Waals surface area contributed by atoms with Gasteiger partial charge < -0.3 is 5.11 Å². The van der Waals surface area contributed by atoms with Gasteiger partial charge in [0.2, 0.25) is 9.84 Å². The van der Waals surface area contributed by atoms with Gasteiger partial charge in [0.25, 0.3) is 0 Å². The second kappa shape index (κ2) is 9.38. The molecule has 0 unspecified atom stereocenters. The lowest BCUT2D eigenvalue weighted by Gasteiger charge is -2.28. The highest BCUT2D eigenvalue weighted by molar-refractivity contribution is 7.95. The standard InChI is InChI=1S/C31H43NO3S/c1-28(2,3)21-16-22(29(4,5)6)18-23(17-21)36(34,35)24(19-32)13-20-14-25(30(7,8)9)27(33)26(15-20)31(10,11)12/h13-18,33H,1-12H3. The van der Waals surface area contributed by atoms with Gasteiger partial charge in [-0.2, -0.15) is 5.26 Å². The number of phenolic OH excluding ortho intramolecular Hbond substituents is 1. The molecule has 0 fully saturated rings. The molecule has 0 radical (unpaired) electrons. The number of nitrogens with zero attached hydrogens (tertiary/aromatic N) is 1. The molecule has 2 aromatic rings. The predicted molar refractivity (Wildman–Crippen MR) is 150 cm³/mol. The van der Waals surface area contributed by atoms with Crippen LogP contribution in [0.3, 0.4) is 0 Å². The second-order valence-electron chi connectivity index (χ2n) is 13.8. The monoisotopic (exact) mass is 509 g/mol. The second-order valence-corrected chi connectivity index (χ2v) is 15.8. The number of hydrogen-bond donors (Lipinski definition) is 1. The van der Waals surface area contributed by atoms with Crippen molar-refractivity contribution >= 4 is 15.9 Å². The van der Waals surface area contributed by atoms with Gasteiger partial charge in [-0.25, -0.2) is 8.42 Å². The van der Waals surface area contributed by atoms with Crippen molar-refractivity contribution in [2.45, 2.75) is 110 Å². The minimum atomic E-state index is -4.08. The molecule has 4 nitrogen and oxygen atoms in total. The first-order chi connectivity index (χ1) is 16.0.